The highest BCUT2D eigenvalue weighted by Crippen LogP contribution is 2.22. The highest BCUT2D eigenvalue weighted by atomic mass is 79.9. The van der Waals surface area contributed by atoms with E-state index in [1.807, 2.05) is 6.07 Å². The second kappa shape index (κ2) is 8.84. The number of benzene rings is 2. The minimum Gasteiger partial charge on any atom is -0.496 e. The Bertz CT molecular complexity index is 669. The summed E-state index contributed by atoms with van der Waals surface area (Å²) in [6.45, 7) is 4.66. The fourth-order valence-electron chi connectivity index (χ4n) is 3.91. The summed E-state index contributed by atoms with van der Waals surface area (Å²) in [6.07, 6.45) is 2.59. The summed E-state index contributed by atoms with van der Waals surface area (Å²) < 4.78 is 6.66. The number of quaternary nitrogens is 2. The van der Waals surface area contributed by atoms with Gasteiger partial charge in [0.15, 0.2) is 0 Å². The van der Waals surface area contributed by atoms with Crippen LogP contribution in [-0.2, 0) is 13.1 Å². The van der Waals surface area contributed by atoms with Gasteiger partial charge in [-0.2, -0.15) is 0 Å². The molecule has 0 radical (unpaired) electrons. The average Bonchev–Trinajstić information content (AvgIpc) is 2.63. The Morgan fingerprint density at radius 2 is 1.84 bits per heavy atom. The standard InChI is InChI=1S/C21H27BrN2O/c1-23(15-17-6-4-3-5-7-17)20-10-12-24(13-11-20)16-18-14-19(22)8-9-21(18)25-2/h3-9,14,20H,10-13,15-16H2,1-2H3/p+2. The largest absolute Gasteiger partial charge is 0.496 e. The molecule has 1 aliphatic heterocycles. The Hall–Kier alpha value is -1.36. The summed E-state index contributed by atoms with van der Waals surface area (Å²) in [4.78, 5) is 3.31. The topological polar surface area (TPSA) is 18.1 Å². The van der Waals surface area contributed by atoms with E-state index >= 15 is 0 Å². The van der Waals surface area contributed by atoms with E-state index in [2.05, 4.69) is 65.4 Å². The summed E-state index contributed by atoms with van der Waals surface area (Å²) in [5.41, 5.74) is 2.74. The van der Waals surface area contributed by atoms with E-state index in [0.717, 1.165) is 29.4 Å². The molecule has 0 bridgehead atoms. The zero-order chi connectivity index (χ0) is 17.6. The molecular formula is C21H29BrN2O+2. The summed E-state index contributed by atoms with van der Waals surface area (Å²) in [7, 11) is 4.11. The van der Waals surface area contributed by atoms with Gasteiger partial charge in [0.05, 0.1) is 33.3 Å². The normalized spacial score (nSPS) is 21.7. The molecule has 25 heavy (non-hydrogen) atoms. The summed E-state index contributed by atoms with van der Waals surface area (Å²) in [6, 6.07) is 17.9. The van der Waals surface area contributed by atoms with Crippen molar-refractivity contribution in [2.75, 3.05) is 27.2 Å². The second-order valence-electron chi connectivity index (χ2n) is 7.17. The van der Waals surface area contributed by atoms with Crippen LogP contribution in [-0.4, -0.2) is 33.3 Å². The number of ether oxygens (including phenoxy) is 1. The van der Waals surface area contributed by atoms with Crippen LogP contribution >= 0.6 is 15.9 Å². The van der Waals surface area contributed by atoms with Crippen LogP contribution in [0.3, 0.4) is 0 Å². The quantitative estimate of drug-likeness (QED) is 0.749. The van der Waals surface area contributed by atoms with Crippen LogP contribution in [0.1, 0.15) is 24.0 Å². The summed E-state index contributed by atoms with van der Waals surface area (Å²) in [5.74, 6) is 1.00. The van der Waals surface area contributed by atoms with Crippen LogP contribution in [0.15, 0.2) is 53.0 Å². The van der Waals surface area contributed by atoms with Gasteiger partial charge in [0.1, 0.15) is 18.8 Å². The maximum atomic E-state index is 5.53. The monoisotopic (exact) mass is 404 g/mol. The molecule has 1 aliphatic rings. The lowest BCUT2D eigenvalue weighted by atomic mass is 10.0. The van der Waals surface area contributed by atoms with Crippen LogP contribution in [0.2, 0.25) is 0 Å². The molecule has 3 nitrogen and oxygen atoms in total. The number of methoxy groups -OCH3 is 1. The molecule has 0 amide bonds. The third kappa shape index (κ3) is 5.06. The minimum atomic E-state index is 0.772. The molecule has 0 spiro atoms. The van der Waals surface area contributed by atoms with Gasteiger partial charge in [-0.3, -0.25) is 0 Å². The van der Waals surface area contributed by atoms with Crippen molar-refractivity contribution in [1.29, 1.82) is 0 Å². The molecule has 2 aromatic carbocycles. The third-order valence-corrected chi connectivity index (χ3v) is 5.89. The fourth-order valence-corrected chi connectivity index (χ4v) is 4.32. The highest BCUT2D eigenvalue weighted by Gasteiger charge is 2.28. The van der Waals surface area contributed by atoms with Crippen molar-refractivity contribution in [3.8, 4) is 5.75 Å². The molecule has 1 heterocycles. The van der Waals surface area contributed by atoms with E-state index in [0.29, 0.717) is 0 Å². The van der Waals surface area contributed by atoms with Crippen molar-refractivity contribution in [2.24, 2.45) is 0 Å². The Labute approximate surface area is 159 Å². The Morgan fingerprint density at radius 3 is 2.52 bits per heavy atom. The first kappa shape index (κ1) is 18.4. The fraction of sp³-hybridized carbons (Fsp3) is 0.429. The first-order valence-corrected chi connectivity index (χ1v) is 9.97. The van der Waals surface area contributed by atoms with Gasteiger partial charge >= 0.3 is 0 Å². The lowest BCUT2D eigenvalue weighted by Crippen LogP contribution is -3.18. The first-order valence-electron chi connectivity index (χ1n) is 9.18. The van der Waals surface area contributed by atoms with Crippen molar-refractivity contribution < 1.29 is 14.5 Å². The van der Waals surface area contributed by atoms with Crippen LogP contribution in [0.5, 0.6) is 5.75 Å². The van der Waals surface area contributed by atoms with E-state index in [1.165, 1.54) is 37.1 Å². The van der Waals surface area contributed by atoms with Crippen molar-refractivity contribution in [1.82, 2.24) is 0 Å². The molecule has 1 fully saturated rings. The van der Waals surface area contributed by atoms with Gasteiger partial charge < -0.3 is 14.5 Å². The molecule has 1 unspecified atom stereocenters. The number of halogens is 1. The van der Waals surface area contributed by atoms with Gasteiger partial charge in [-0.25, -0.2) is 0 Å². The predicted molar refractivity (Wildman–Crippen MR) is 105 cm³/mol. The van der Waals surface area contributed by atoms with Crippen LogP contribution in [0.4, 0.5) is 0 Å². The Balaban J connectivity index is 1.53. The first-order chi connectivity index (χ1) is 12.2. The molecule has 0 aromatic heterocycles. The molecule has 0 saturated carbocycles. The molecule has 3 rings (SSSR count). The third-order valence-electron chi connectivity index (χ3n) is 5.40. The van der Waals surface area contributed by atoms with Crippen molar-refractivity contribution >= 4 is 15.9 Å². The zero-order valence-electron chi connectivity index (χ0n) is 15.2. The van der Waals surface area contributed by atoms with Gasteiger partial charge in [-0.15, -0.1) is 0 Å². The van der Waals surface area contributed by atoms with Gasteiger partial charge in [0, 0.05) is 28.4 Å². The van der Waals surface area contributed by atoms with E-state index in [-0.39, 0.29) is 0 Å². The van der Waals surface area contributed by atoms with Crippen molar-refractivity contribution in [3.63, 3.8) is 0 Å². The van der Waals surface area contributed by atoms with E-state index < -0.39 is 0 Å². The number of likely N-dealkylation sites (tertiary alicyclic amines) is 1. The summed E-state index contributed by atoms with van der Waals surface area (Å²) >= 11 is 3.58. The smallest absolute Gasteiger partial charge is 0.127 e. The van der Waals surface area contributed by atoms with Crippen LogP contribution in [0.25, 0.3) is 0 Å². The molecule has 134 valence electrons. The van der Waals surface area contributed by atoms with Crippen LogP contribution in [0, 0.1) is 0 Å². The van der Waals surface area contributed by atoms with Crippen LogP contribution < -0.4 is 14.5 Å². The molecule has 1 saturated heterocycles. The van der Waals surface area contributed by atoms with E-state index in [9.17, 15) is 0 Å². The van der Waals surface area contributed by atoms with Gasteiger partial charge in [-0.05, 0) is 18.2 Å². The van der Waals surface area contributed by atoms with E-state index in [1.54, 1.807) is 16.9 Å². The zero-order valence-corrected chi connectivity index (χ0v) is 16.8. The van der Waals surface area contributed by atoms with E-state index in [4.69, 9.17) is 4.74 Å². The van der Waals surface area contributed by atoms with Crippen molar-refractivity contribution in [2.45, 2.75) is 32.0 Å². The number of hydrogen-bond acceptors (Lipinski definition) is 1. The SMILES string of the molecule is COc1ccc(Br)cc1C[NH+]1CCC([NH+](C)Cc2ccccc2)CC1. The molecule has 1 atom stereocenters. The Kier molecular flexibility index (Phi) is 6.51. The van der Waals surface area contributed by atoms with Gasteiger partial charge in [-0.1, -0.05) is 46.3 Å². The molecule has 2 N–H and O–H groups in total. The lowest BCUT2D eigenvalue weighted by molar-refractivity contribution is -0.960. The van der Waals surface area contributed by atoms with Crippen molar-refractivity contribution in [3.05, 3.63) is 64.1 Å². The number of rotatable bonds is 6. The predicted octanol–water partition coefficient (Wildman–Crippen LogP) is 1.72. The maximum Gasteiger partial charge on any atom is 0.127 e. The minimum absolute atomic E-state index is 0.772. The molecular weight excluding hydrogens is 376 g/mol. The Morgan fingerprint density at radius 1 is 1.12 bits per heavy atom. The van der Waals surface area contributed by atoms with Gasteiger partial charge in [0.25, 0.3) is 0 Å². The molecule has 4 heteroatoms. The molecule has 2 aromatic rings. The molecule has 0 aliphatic carbocycles. The number of piperidine rings is 1. The van der Waals surface area contributed by atoms with Gasteiger partial charge in [0.2, 0.25) is 0 Å². The second-order valence-corrected chi connectivity index (χ2v) is 8.08. The average molecular weight is 405 g/mol. The number of hydrogen-bond donors (Lipinski definition) is 2. The highest BCUT2D eigenvalue weighted by molar-refractivity contribution is 9.10. The number of nitrogens with one attached hydrogen (secondary N) is 2. The maximum absolute atomic E-state index is 5.53. The lowest BCUT2D eigenvalue weighted by Gasteiger charge is -2.32. The summed E-state index contributed by atoms with van der Waals surface area (Å²) in [5, 5.41) is 0.